The lowest BCUT2D eigenvalue weighted by Gasteiger charge is -2.32. The van der Waals surface area contributed by atoms with Crippen molar-refractivity contribution in [3.63, 3.8) is 0 Å². The monoisotopic (exact) mass is 333 g/mol. The summed E-state index contributed by atoms with van der Waals surface area (Å²) >= 11 is 0. The number of hydrogen-bond acceptors (Lipinski definition) is 3. The summed E-state index contributed by atoms with van der Waals surface area (Å²) in [6, 6.07) is 4.53. The van der Waals surface area contributed by atoms with Crippen molar-refractivity contribution < 1.29 is 14.3 Å². The summed E-state index contributed by atoms with van der Waals surface area (Å²) in [5, 5.41) is 10.00. The lowest BCUT2D eigenvalue weighted by atomic mass is 9.95. The van der Waals surface area contributed by atoms with E-state index in [1.54, 1.807) is 11.0 Å². The van der Waals surface area contributed by atoms with Gasteiger partial charge < -0.3 is 15.0 Å². The van der Waals surface area contributed by atoms with Gasteiger partial charge >= 0.3 is 0 Å². The number of likely N-dealkylation sites (tertiary alicyclic amines) is 1. The number of H-pyrrole nitrogens is 1. The Morgan fingerprint density at radius 3 is 2.79 bits per heavy atom. The summed E-state index contributed by atoms with van der Waals surface area (Å²) in [6.07, 6.45) is 1.18. The molecule has 1 aromatic heterocycles. The summed E-state index contributed by atoms with van der Waals surface area (Å²) in [5.74, 6) is 0.917. The molecule has 1 amide bonds. The van der Waals surface area contributed by atoms with Crippen LogP contribution in [0.5, 0.6) is 0 Å². The number of benzene rings is 1. The molecule has 130 valence electrons. The molecule has 0 aliphatic carbocycles. The third-order valence-electron chi connectivity index (χ3n) is 4.64. The largest absolute Gasteiger partial charge is 0.383 e. The fourth-order valence-corrected chi connectivity index (χ4v) is 3.33. The van der Waals surface area contributed by atoms with E-state index in [1.165, 1.54) is 12.1 Å². The molecule has 1 atom stereocenters. The number of hydrogen-bond donors (Lipinski definition) is 2. The van der Waals surface area contributed by atoms with Gasteiger partial charge in [-0.05, 0) is 43.4 Å². The Hall–Kier alpha value is -1.95. The van der Waals surface area contributed by atoms with Gasteiger partial charge in [0, 0.05) is 19.0 Å². The first-order chi connectivity index (χ1) is 11.4. The minimum absolute atomic E-state index is 0.172. The quantitative estimate of drug-likeness (QED) is 0.904. The molecule has 0 saturated carbocycles. The predicted molar refractivity (Wildman–Crippen MR) is 90.1 cm³/mol. The number of imidazole rings is 1. The molecule has 2 aromatic rings. The van der Waals surface area contributed by atoms with Gasteiger partial charge in [-0.2, -0.15) is 0 Å². The normalized spacial score (nSPS) is 17.6. The molecule has 2 heterocycles. The number of fused-ring (bicyclic) bond motifs is 1. The van der Waals surface area contributed by atoms with Gasteiger partial charge in [-0.25, -0.2) is 9.37 Å². The maximum absolute atomic E-state index is 13.3. The molecule has 0 spiro atoms. The average molecular weight is 333 g/mol. The second-order valence-corrected chi connectivity index (χ2v) is 7.03. The highest BCUT2D eigenvalue weighted by molar-refractivity contribution is 5.80. The van der Waals surface area contributed by atoms with Crippen molar-refractivity contribution in [1.29, 1.82) is 0 Å². The van der Waals surface area contributed by atoms with E-state index in [9.17, 15) is 14.3 Å². The van der Waals surface area contributed by atoms with E-state index in [4.69, 9.17) is 0 Å². The number of rotatable bonds is 4. The Labute approximate surface area is 140 Å². The van der Waals surface area contributed by atoms with Crippen LogP contribution in [0.4, 0.5) is 4.39 Å². The van der Waals surface area contributed by atoms with Crippen LogP contribution in [0.3, 0.4) is 0 Å². The Morgan fingerprint density at radius 1 is 1.42 bits per heavy atom. The van der Waals surface area contributed by atoms with Crippen LogP contribution in [0.2, 0.25) is 0 Å². The molecular weight excluding hydrogens is 309 g/mol. The van der Waals surface area contributed by atoms with E-state index < -0.39 is 6.10 Å². The van der Waals surface area contributed by atoms with E-state index >= 15 is 0 Å². The van der Waals surface area contributed by atoms with Crippen LogP contribution in [-0.4, -0.2) is 45.1 Å². The number of carbonyl (C=O) groups excluding carboxylic acids is 1. The van der Waals surface area contributed by atoms with Gasteiger partial charge in [0.15, 0.2) is 0 Å². The smallest absolute Gasteiger partial charge is 0.251 e. The molecular formula is C18H24FN3O2. The van der Waals surface area contributed by atoms with Crippen LogP contribution < -0.4 is 0 Å². The highest BCUT2D eigenvalue weighted by Gasteiger charge is 2.29. The van der Waals surface area contributed by atoms with Gasteiger partial charge in [-0.15, -0.1) is 0 Å². The Bertz CT molecular complexity index is 720. The average Bonchev–Trinajstić information content (AvgIpc) is 2.96. The first-order valence-corrected chi connectivity index (χ1v) is 8.56. The molecule has 6 heteroatoms. The molecule has 1 aliphatic rings. The van der Waals surface area contributed by atoms with Crippen molar-refractivity contribution in [1.82, 2.24) is 14.9 Å². The number of aromatic amines is 1. The summed E-state index contributed by atoms with van der Waals surface area (Å²) in [4.78, 5) is 21.7. The first-order valence-electron chi connectivity index (χ1n) is 8.56. The van der Waals surface area contributed by atoms with Crippen molar-refractivity contribution in [2.24, 2.45) is 5.92 Å². The van der Waals surface area contributed by atoms with Crippen molar-refractivity contribution >= 4 is 16.9 Å². The zero-order valence-corrected chi connectivity index (χ0v) is 14.1. The van der Waals surface area contributed by atoms with Crippen LogP contribution in [0.25, 0.3) is 11.0 Å². The summed E-state index contributed by atoms with van der Waals surface area (Å²) < 4.78 is 13.3. The summed E-state index contributed by atoms with van der Waals surface area (Å²) in [7, 11) is 0. The lowest BCUT2D eigenvalue weighted by molar-refractivity contribution is -0.142. The van der Waals surface area contributed by atoms with E-state index in [0.717, 1.165) is 24.2 Å². The third-order valence-corrected chi connectivity index (χ3v) is 4.64. The van der Waals surface area contributed by atoms with Crippen molar-refractivity contribution in [2.75, 3.05) is 13.1 Å². The SMILES string of the molecule is CC(C)C[C@H](O)C(=O)N1CCC(c2nc3ccc(F)cc3[nH]2)CC1. The molecule has 1 saturated heterocycles. The molecule has 1 fully saturated rings. The molecule has 3 rings (SSSR count). The third kappa shape index (κ3) is 3.59. The van der Waals surface area contributed by atoms with Gasteiger partial charge in [-0.3, -0.25) is 4.79 Å². The molecule has 0 unspecified atom stereocenters. The number of carbonyl (C=O) groups is 1. The molecule has 5 nitrogen and oxygen atoms in total. The van der Waals surface area contributed by atoms with E-state index in [0.29, 0.717) is 25.0 Å². The number of piperidine rings is 1. The van der Waals surface area contributed by atoms with Crippen molar-refractivity contribution in [2.45, 2.75) is 45.1 Å². The lowest BCUT2D eigenvalue weighted by Crippen LogP contribution is -2.44. The van der Waals surface area contributed by atoms with Crippen LogP contribution >= 0.6 is 0 Å². The van der Waals surface area contributed by atoms with Crippen LogP contribution in [-0.2, 0) is 4.79 Å². The summed E-state index contributed by atoms with van der Waals surface area (Å²) in [5.41, 5.74) is 1.47. The van der Waals surface area contributed by atoms with E-state index in [-0.39, 0.29) is 23.6 Å². The van der Waals surface area contributed by atoms with E-state index in [2.05, 4.69) is 9.97 Å². The Balaban J connectivity index is 1.62. The molecule has 0 radical (unpaired) electrons. The minimum Gasteiger partial charge on any atom is -0.383 e. The molecule has 1 aliphatic heterocycles. The number of aliphatic hydroxyl groups excluding tert-OH is 1. The van der Waals surface area contributed by atoms with Gasteiger partial charge in [-0.1, -0.05) is 13.8 Å². The number of aliphatic hydroxyl groups is 1. The van der Waals surface area contributed by atoms with E-state index in [1.807, 2.05) is 13.8 Å². The van der Waals surface area contributed by atoms with Crippen molar-refractivity contribution in [3.05, 3.63) is 29.8 Å². The molecule has 24 heavy (non-hydrogen) atoms. The van der Waals surface area contributed by atoms with Crippen LogP contribution in [0.1, 0.15) is 44.9 Å². The number of aromatic nitrogens is 2. The highest BCUT2D eigenvalue weighted by Crippen LogP contribution is 2.28. The Kier molecular flexibility index (Phi) is 4.85. The van der Waals surface area contributed by atoms with Crippen LogP contribution in [0.15, 0.2) is 18.2 Å². The van der Waals surface area contributed by atoms with Gasteiger partial charge in [0.05, 0.1) is 11.0 Å². The molecule has 0 bridgehead atoms. The fourth-order valence-electron chi connectivity index (χ4n) is 3.33. The van der Waals surface area contributed by atoms with Crippen molar-refractivity contribution in [3.8, 4) is 0 Å². The fraction of sp³-hybridized carbons (Fsp3) is 0.556. The predicted octanol–water partition coefficient (Wildman–Crippen LogP) is 2.82. The van der Waals surface area contributed by atoms with Gasteiger partial charge in [0.1, 0.15) is 17.7 Å². The van der Waals surface area contributed by atoms with Crippen LogP contribution in [0, 0.1) is 11.7 Å². The molecule has 1 aromatic carbocycles. The maximum atomic E-state index is 13.3. The number of halogens is 1. The van der Waals surface area contributed by atoms with Gasteiger partial charge in [0.25, 0.3) is 5.91 Å². The number of nitrogens with one attached hydrogen (secondary N) is 1. The highest BCUT2D eigenvalue weighted by atomic mass is 19.1. The zero-order valence-electron chi connectivity index (χ0n) is 14.1. The second kappa shape index (κ2) is 6.89. The second-order valence-electron chi connectivity index (χ2n) is 7.03. The Morgan fingerprint density at radius 2 is 2.12 bits per heavy atom. The zero-order chi connectivity index (χ0) is 17.3. The number of nitrogens with zero attached hydrogens (tertiary/aromatic N) is 2. The maximum Gasteiger partial charge on any atom is 0.251 e. The first kappa shape index (κ1) is 16.9. The van der Waals surface area contributed by atoms with Gasteiger partial charge in [0.2, 0.25) is 0 Å². The topological polar surface area (TPSA) is 69.2 Å². The summed E-state index contributed by atoms with van der Waals surface area (Å²) in [6.45, 7) is 5.22. The standard InChI is InChI=1S/C18H24FN3O2/c1-11(2)9-16(23)18(24)22-7-5-12(6-8-22)17-20-14-4-3-13(19)10-15(14)21-17/h3-4,10-12,16,23H,5-9H2,1-2H3,(H,20,21)/t16-/m0/s1. The minimum atomic E-state index is -0.907. The molecule has 2 N–H and O–H groups in total. The number of amides is 1.